The molecule has 0 aromatic heterocycles. The molecule has 1 aliphatic carbocycles. The Morgan fingerprint density at radius 3 is 2.50 bits per heavy atom. The third-order valence-electron chi connectivity index (χ3n) is 2.44. The quantitative estimate of drug-likeness (QED) is 0.525. The van der Waals surface area contributed by atoms with Gasteiger partial charge in [-0.1, -0.05) is 19.4 Å². The van der Waals surface area contributed by atoms with Gasteiger partial charge in [-0.2, -0.15) is 0 Å². The number of hydrogen-bond acceptors (Lipinski definition) is 0. The third kappa shape index (κ3) is 1.86. The molecule has 0 aromatic carbocycles. The fraction of sp³-hybridized carbons (Fsp3) is 0.800. The van der Waals surface area contributed by atoms with Crippen molar-refractivity contribution < 1.29 is 0 Å². The second-order valence-corrected chi connectivity index (χ2v) is 4.06. The van der Waals surface area contributed by atoms with E-state index in [1.165, 1.54) is 18.4 Å². The van der Waals surface area contributed by atoms with E-state index < -0.39 is 0 Å². The van der Waals surface area contributed by atoms with Crippen molar-refractivity contribution in [3.05, 3.63) is 12.2 Å². The van der Waals surface area contributed by atoms with Crippen molar-refractivity contribution in [2.24, 2.45) is 17.8 Å². The molecule has 0 nitrogen and oxygen atoms in total. The highest BCUT2D eigenvalue weighted by Gasteiger charge is 2.38. The van der Waals surface area contributed by atoms with E-state index >= 15 is 0 Å². The minimum Gasteiger partial charge on any atom is -0.100 e. The second kappa shape index (κ2) is 2.77. The van der Waals surface area contributed by atoms with Crippen LogP contribution in [0.15, 0.2) is 12.2 Å². The van der Waals surface area contributed by atoms with E-state index in [0.29, 0.717) is 0 Å². The monoisotopic (exact) mass is 138 g/mol. The van der Waals surface area contributed by atoms with E-state index in [2.05, 4.69) is 27.4 Å². The first-order chi connectivity index (χ1) is 4.61. The first kappa shape index (κ1) is 7.84. The Morgan fingerprint density at radius 2 is 2.20 bits per heavy atom. The summed E-state index contributed by atoms with van der Waals surface area (Å²) in [7, 11) is 0. The van der Waals surface area contributed by atoms with E-state index in [4.69, 9.17) is 0 Å². The molecule has 1 aliphatic rings. The van der Waals surface area contributed by atoms with Gasteiger partial charge in [-0.15, -0.1) is 6.58 Å². The van der Waals surface area contributed by atoms with Gasteiger partial charge in [0.2, 0.25) is 0 Å². The molecule has 1 fully saturated rings. The normalized spacial score (nSPS) is 30.8. The molecular weight excluding hydrogens is 120 g/mol. The lowest BCUT2D eigenvalue weighted by Gasteiger charge is -2.01. The zero-order valence-electron chi connectivity index (χ0n) is 7.35. The van der Waals surface area contributed by atoms with E-state index in [-0.39, 0.29) is 0 Å². The fourth-order valence-electron chi connectivity index (χ4n) is 1.77. The minimum atomic E-state index is 0.893. The van der Waals surface area contributed by atoms with Crippen LogP contribution in [-0.4, -0.2) is 0 Å². The Hall–Kier alpha value is -0.260. The largest absolute Gasteiger partial charge is 0.100 e. The van der Waals surface area contributed by atoms with Crippen molar-refractivity contribution in [2.45, 2.75) is 33.6 Å². The summed E-state index contributed by atoms with van der Waals surface area (Å²) in [6.07, 6.45) is 2.72. The van der Waals surface area contributed by atoms with Crippen molar-refractivity contribution in [1.29, 1.82) is 0 Å². The Morgan fingerprint density at radius 1 is 1.60 bits per heavy atom. The molecule has 0 N–H and O–H groups in total. The Labute approximate surface area is 64.3 Å². The molecule has 2 unspecified atom stereocenters. The van der Waals surface area contributed by atoms with Crippen LogP contribution in [0.3, 0.4) is 0 Å². The molecule has 10 heavy (non-hydrogen) atoms. The van der Waals surface area contributed by atoms with Gasteiger partial charge in [0.25, 0.3) is 0 Å². The van der Waals surface area contributed by atoms with E-state index in [1.807, 2.05) is 0 Å². The second-order valence-electron chi connectivity index (χ2n) is 4.06. The Balaban J connectivity index is 2.19. The number of rotatable bonds is 3. The maximum Gasteiger partial charge on any atom is -0.0294 e. The maximum absolute atomic E-state index is 3.93. The molecule has 0 saturated heterocycles. The van der Waals surface area contributed by atoms with E-state index in [0.717, 1.165) is 17.8 Å². The molecule has 0 spiro atoms. The molecule has 1 saturated carbocycles. The summed E-state index contributed by atoms with van der Waals surface area (Å²) in [5.41, 5.74) is 1.35. The van der Waals surface area contributed by atoms with Gasteiger partial charge in [0, 0.05) is 0 Å². The van der Waals surface area contributed by atoms with Crippen LogP contribution in [0, 0.1) is 17.8 Å². The first-order valence-corrected chi connectivity index (χ1v) is 4.25. The summed E-state index contributed by atoms with van der Waals surface area (Å²) in [5.74, 6) is 2.89. The van der Waals surface area contributed by atoms with Crippen LogP contribution in [0.4, 0.5) is 0 Å². The summed E-state index contributed by atoms with van der Waals surface area (Å²) in [5, 5.41) is 0. The summed E-state index contributed by atoms with van der Waals surface area (Å²) >= 11 is 0. The average Bonchev–Trinajstić information content (AvgIpc) is 2.43. The summed E-state index contributed by atoms with van der Waals surface area (Å²) < 4.78 is 0. The van der Waals surface area contributed by atoms with Crippen molar-refractivity contribution in [2.75, 3.05) is 0 Å². The molecule has 0 bridgehead atoms. The van der Waals surface area contributed by atoms with Gasteiger partial charge >= 0.3 is 0 Å². The van der Waals surface area contributed by atoms with Gasteiger partial charge in [0.15, 0.2) is 0 Å². The molecule has 0 radical (unpaired) electrons. The molecule has 58 valence electrons. The lowest BCUT2D eigenvalue weighted by molar-refractivity contribution is 0.516. The van der Waals surface area contributed by atoms with Crippen molar-refractivity contribution >= 4 is 0 Å². The van der Waals surface area contributed by atoms with Crippen molar-refractivity contribution in [3.63, 3.8) is 0 Å². The van der Waals surface area contributed by atoms with Gasteiger partial charge < -0.3 is 0 Å². The fourth-order valence-corrected chi connectivity index (χ4v) is 1.77. The predicted octanol–water partition coefficient (Wildman–Crippen LogP) is 3.24. The summed E-state index contributed by atoms with van der Waals surface area (Å²) in [6, 6.07) is 0. The van der Waals surface area contributed by atoms with Gasteiger partial charge in [0.05, 0.1) is 0 Å². The SMILES string of the molecule is C=C(C)CC1CC1C(C)C. The molecule has 0 aromatic rings. The van der Waals surface area contributed by atoms with Gasteiger partial charge in [-0.05, 0) is 37.5 Å². The zero-order valence-corrected chi connectivity index (χ0v) is 7.35. The van der Waals surface area contributed by atoms with Crippen molar-refractivity contribution in [3.8, 4) is 0 Å². The van der Waals surface area contributed by atoms with Crippen LogP contribution < -0.4 is 0 Å². The molecule has 1 rings (SSSR count). The average molecular weight is 138 g/mol. The summed E-state index contributed by atoms with van der Waals surface area (Å²) in [6.45, 7) is 10.7. The standard InChI is InChI=1S/C10H18/c1-7(2)5-9-6-10(9)8(3)4/h8-10H,1,5-6H2,2-4H3. The van der Waals surface area contributed by atoms with Gasteiger partial charge in [0.1, 0.15) is 0 Å². The zero-order chi connectivity index (χ0) is 7.72. The molecule has 2 atom stereocenters. The van der Waals surface area contributed by atoms with Gasteiger partial charge in [-0.3, -0.25) is 0 Å². The Bertz CT molecular complexity index is 133. The summed E-state index contributed by atoms with van der Waals surface area (Å²) in [4.78, 5) is 0. The van der Waals surface area contributed by atoms with Crippen molar-refractivity contribution in [1.82, 2.24) is 0 Å². The first-order valence-electron chi connectivity index (χ1n) is 4.25. The number of allylic oxidation sites excluding steroid dienone is 1. The smallest absolute Gasteiger partial charge is 0.0294 e. The van der Waals surface area contributed by atoms with Gasteiger partial charge in [-0.25, -0.2) is 0 Å². The predicted molar refractivity (Wildman–Crippen MR) is 45.9 cm³/mol. The van der Waals surface area contributed by atoms with Crippen LogP contribution in [0.1, 0.15) is 33.6 Å². The van der Waals surface area contributed by atoms with Crippen LogP contribution >= 0.6 is 0 Å². The third-order valence-corrected chi connectivity index (χ3v) is 2.44. The van der Waals surface area contributed by atoms with E-state index in [9.17, 15) is 0 Å². The highest BCUT2D eigenvalue weighted by Crippen LogP contribution is 2.47. The Kier molecular flexibility index (Phi) is 2.18. The minimum absolute atomic E-state index is 0.893. The molecule has 0 heteroatoms. The highest BCUT2D eigenvalue weighted by atomic mass is 14.4. The van der Waals surface area contributed by atoms with Crippen LogP contribution in [0.25, 0.3) is 0 Å². The van der Waals surface area contributed by atoms with Crippen LogP contribution in [0.2, 0.25) is 0 Å². The maximum atomic E-state index is 3.93. The lowest BCUT2D eigenvalue weighted by Crippen LogP contribution is -1.92. The number of hydrogen-bond donors (Lipinski definition) is 0. The van der Waals surface area contributed by atoms with E-state index in [1.54, 1.807) is 0 Å². The molecule has 0 aliphatic heterocycles. The molecular formula is C10H18. The highest BCUT2D eigenvalue weighted by molar-refractivity contribution is 4.99. The van der Waals surface area contributed by atoms with Crippen LogP contribution in [0.5, 0.6) is 0 Å². The topological polar surface area (TPSA) is 0 Å². The molecule has 0 amide bonds. The van der Waals surface area contributed by atoms with Crippen LogP contribution in [-0.2, 0) is 0 Å². The lowest BCUT2D eigenvalue weighted by atomic mass is 10.0. The molecule has 0 heterocycles.